The molecular weight excluding hydrogens is 311 g/mol. The Hall–Kier alpha value is -1.05. The zero-order chi connectivity index (χ0) is 17.9. The topological polar surface area (TPSA) is 9.23 Å². The molecule has 1 aromatic rings. The van der Waals surface area contributed by atoms with Crippen LogP contribution in [0.25, 0.3) is 0 Å². The fraction of sp³-hybridized carbons (Fsp3) is 0.739. The molecule has 1 nitrogen and oxygen atoms in total. The van der Waals surface area contributed by atoms with Crippen LogP contribution in [-0.4, -0.2) is 6.61 Å². The molecule has 1 aliphatic rings. The molecule has 0 atom stereocenters. The summed E-state index contributed by atoms with van der Waals surface area (Å²) >= 11 is 0. The molecule has 0 bridgehead atoms. The first-order valence-electron chi connectivity index (χ1n) is 10.6. The van der Waals surface area contributed by atoms with E-state index in [-0.39, 0.29) is 5.82 Å². The first kappa shape index (κ1) is 20.3. The zero-order valence-electron chi connectivity index (χ0n) is 16.4. The maximum absolute atomic E-state index is 14.3. The van der Waals surface area contributed by atoms with Gasteiger partial charge in [-0.25, -0.2) is 4.39 Å². The van der Waals surface area contributed by atoms with Gasteiger partial charge in [0.2, 0.25) is 0 Å². The van der Waals surface area contributed by atoms with E-state index in [0.29, 0.717) is 12.4 Å². The number of aryl methyl sites for hydroxylation is 1. The van der Waals surface area contributed by atoms with Gasteiger partial charge in [0, 0.05) is 6.07 Å². The van der Waals surface area contributed by atoms with Crippen LogP contribution >= 0.6 is 0 Å². The van der Waals surface area contributed by atoms with E-state index in [2.05, 4.69) is 13.8 Å². The van der Waals surface area contributed by atoms with Gasteiger partial charge in [-0.3, -0.25) is 0 Å². The summed E-state index contributed by atoms with van der Waals surface area (Å²) in [6.45, 7) is 5.18. The molecule has 0 amide bonds. The average molecular weight is 349 g/mol. The highest BCUT2D eigenvalue weighted by Crippen LogP contribution is 2.34. The van der Waals surface area contributed by atoms with Crippen molar-refractivity contribution >= 4 is 0 Å². The lowest BCUT2D eigenvalue weighted by Crippen LogP contribution is -2.15. The molecular formula is C23H37FO. The Morgan fingerprint density at radius 1 is 0.920 bits per heavy atom. The van der Waals surface area contributed by atoms with E-state index in [4.69, 9.17) is 4.74 Å². The molecule has 0 N–H and O–H groups in total. The summed E-state index contributed by atoms with van der Waals surface area (Å²) in [5.41, 5.74) is 0.856. The summed E-state index contributed by atoms with van der Waals surface area (Å²) < 4.78 is 20.0. The lowest BCUT2D eigenvalue weighted by atomic mass is 9.78. The van der Waals surface area contributed by atoms with Crippen molar-refractivity contribution in [1.82, 2.24) is 0 Å². The second-order valence-corrected chi connectivity index (χ2v) is 7.88. The number of halogens is 1. The molecule has 0 heterocycles. The largest absolute Gasteiger partial charge is 0.493 e. The number of rotatable bonds is 11. The molecule has 1 fully saturated rings. The lowest BCUT2D eigenvalue weighted by molar-refractivity contribution is 0.252. The first-order chi connectivity index (χ1) is 12.2. The third-order valence-electron chi connectivity index (χ3n) is 5.78. The number of ether oxygens (including phenoxy) is 1. The summed E-state index contributed by atoms with van der Waals surface area (Å²) in [5.74, 6) is 2.33. The predicted molar refractivity (Wildman–Crippen MR) is 105 cm³/mol. The minimum atomic E-state index is -0.0919. The molecule has 1 saturated carbocycles. The van der Waals surface area contributed by atoms with Gasteiger partial charge < -0.3 is 4.74 Å². The Bertz CT molecular complexity index is 477. The van der Waals surface area contributed by atoms with Crippen molar-refractivity contribution in [2.24, 2.45) is 11.8 Å². The van der Waals surface area contributed by atoms with Crippen molar-refractivity contribution in [2.45, 2.75) is 90.9 Å². The van der Waals surface area contributed by atoms with E-state index in [0.717, 1.165) is 36.7 Å². The van der Waals surface area contributed by atoms with Gasteiger partial charge in [0.25, 0.3) is 0 Å². The second-order valence-electron chi connectivity index (χ2n) is 7.88. The standard InChI is InChI=1S/C23H37FO/c1-3-5-6-7-17-25-22-16-15-21(23(24)18-22)14-13-20-11-9-19(8-4-2)10-12-20/h15-16,18-20H,3-14,17H2,1-2H3/t19-,20-. The van der Waals surface area contributed by atoms with E-state index in [9.17, 15) is 4.39 Å². The maximum Gasteiger partial charge on any atom is 0.130 e. The number of hydrogen-bond acceptors (Lipinski definition) is 1. The van der Waals surface area contributed by atoms with Gasteiger partial charge in [-0.2, -0.15) is 0 Å². The molecule has 0 aliphatic heterocycles. The van der Waals surface area contributed by atoms with Crippen LogP contribution in [0.2, 0.25) is 0 Å². The monoisotopic (exact) mass is 348 g/mol. The summed E-state index contributed by atoms with van der Waals surface area (Å²) in [7, 11) is 0. The van der Waals surface area contributed by atoms with E-state index < -0.39 is 0 Å². The third-order valence-corrected chi connectivity index (χ3v) is 5.78. The van der Waals surface area contributed by atoms with E-state index >= 15 is 0 Å². The van der Waals surface area contributed by atoms with Crippen LogP contribution in [0, 0.1) is 17.7 Å². The highest BCUT2D eigenvalue weighted by molar-refractivity contribution is 5.29. The number of unbranched alkanes of at least 4 members (excludes halogenated alkanes) is 3. The van der Waals surface area contributed by atoms with Gasteiger partial charge in [0.1, 0.15) is 11.6 Å². The summed E-state index contributed by atoms with van der Waals surface area (Å²) in [6, 6.07) is 5.45. The number of benzene rings is 1. The van der Waals surface area contributed by atoms with E-state index in [1.807, 2.05) is 12.1 Å². The Kier molecular flexibility index (Phi) is 9.36. The van der Waals surface area contributed by atoms with Crippen LogP contribution in [-0.2, 0) is 6.42 Å². The molecule has 2 rings (SSSR count). The molecule has 0 spiro atoms. The van der Waals surface area contributed by atoms with Gasteiger partial charge >= 0.3 is 0 Å². The smallest absolute Gasteiger partial charge is 0.130 e. The summed E-state index contributed by atoms with van der Waals surface area (Å²) in [6.07, 6.45) is 14.9. The van der Waals surface area contributed by atoms with E-state index in [1.165, 1.54) is 57.8 Å². The fourth-order valence-electron chi connectivity index (χ4n) is 4.12. The van der Waals surface area contributed by atoms with Gasteiger partial charge in [0.05, 0.1) is 6.61 Å². The summed E-state index contributed by atoms with van der Waals surface area (Å²) in [4.78, 5) is 0. The minimum Gasteiger partial charge on any atom is -0.493 e. The average Bonchev–Trinajstić information content (AvgIpc) is 2.62. The molecule has 0 radical (unpaired) electrons. The van der Waals surface area contributed by atoms with Crippen LogP contribution in [0.3, 0.4) is 0 Å². The predicted octanol–water partition coefficient (Wildman–Crippen LogP) is 7.32. The molecule has 0 aromatic heterocycles. The Morgan fingerprint density at radius 3 is 2.28 bits per heavy atom. The zero-order valence-corrected chi connectivity index (χ0v) is 16.4. The highest BCUT2D eigenvalue weighted by atomic mass is 19.1. The molecule has 1 aliphatic carbocycles. The first-order valence-corrected chi connectivity index (χ1v) is 10.6. The molecule has 1 aromatic carbocycles. The van der Waals surface area contributed by atoms with Gasteiger partial charge in [-0.15, -0.1) is 0 Å². The third kappa shape index (κ3) is 7.38. The summed E-state index contributed by atoms with van der Waals surface area (Å²) in [5, 5.41) is 0. The van der Waals surface area contributed by atoms with Crippen LogP contribution in [0.15, 0.2) is 18.2 Å². The van der Waals surface area contributed by atoms with Crippen LogP contribution in [0.1, 0.15) is 90.0 Å². The minimum absolute atomic E-state index is 0.0919. The van der Waals surface area contributed by atoms with Crippen LogP contribution in [0.5, 0.6) is 5.75 Å². The molecule has 0 unspecified atom stereocenters. The Balaban J connectivity index is 1.70. The van der Waals surface area contributed by atoms with Crippen LogP contribution < -0.4 is 4.74 Å². The molecule has 142 valence electrons. The molecule has 25 heavy (non-hydrogen) atoms. The number of hydrogen-bond donors (Lipinski definition) is 0. The van der Waals surface area contributed by atoms with Gasteiger partial charge in [0.15, 0.2) is 0 Å². The molecule has 2 heteroatoms. The van der Waals surface area contributed by atoms with Crippen molar-refractivity contribution in [2.75, 3.05) is 6.61 Å². The Morgan fingerprint density at radius 2 is 1.64 bits per heavy atom. The van der Waals surface area contributed by atoms with Gasteiger partial charge in [-0.05, 0) is 42.7 Å². The van der Waals surface area contributed by atoms with Crippen molar-refractivity contribution in [3.63, 3.8) is 0 Å². The highest BCUT2D eigenvalue weighted by Gasteiger charge is 2.20. The second kappa shape index (κ2) is 11.5. The Labute approximate surface area is 154 Å². The molecule has 0 saturated heterocycles. The lowest BCUT2D eigenvalue weighted by Gasteiger charge is -2.28. The maximum atomic E-state index is 14.3. The van der Waals surface area contributed by atoms with Crippen molar-refractivity contribution in [1.29, 1.82) is 0 Å². The SMILES string of the molecule is CCCCCCOc1ccc(CC[C@H]2CC[C@H](CCC)CC2)c(F)c1. The normalized spacial score (nSPS) is 20.6. The van der Waals surface area contributed by atoms with Crippen molar-refractivity contribution < 1.29 is 9.13 Å². The van der Waals surface area contributed by atoms with Crippen molar-refractivity contribution in [3.8, 4) is 5.75 Å². The quantitative estimate of drug-likeness (QED) is 0.380. The van der Waals surface area contributed by atoms with E-state index in [1.54, 1.807) is 6.07 Å². The van der Waals surface area contributed by atoms with Gasteiger partial charge in [-0.1, -0.05) is 77.7 Å². The van der Waals surface area contributed by atoms with Crippen LogP contribution in [0.4, 0.5) is 4.39 Å². The fourth-order valence-corrected chi connectivity index (χ4v) is 4.12. The van der Waals surface area contributed by atoms with Crippen molar-refractivity contribution in [3.05, 3.63) is 29.6 Å².